The number of carbonyl (C=O) groups excluding carboxylic acids is 2. The molecule has 2 bridgehead atoms. The Bertz CT molecular complexity index is 892. The van der Waals surface area contributed by atoms with Crippen LogP contribution in [0.4, 0.5) is 0 Å². The Hall–Kier alpha value is -2.41. The summed E-state index contributed by atoms with van der Waals surface area (Å²) in [6, 6.07) is 5.65. The van der Waals surface area contributed by atoms with Crippen LogP contribution >= 0.6 is 11.3 Å². The molecule has 2 aliphatic carbocycles. The molecule has 7 heteroatoms. The minimum atomic E-state index is -0.199. The van der Waals surface area contributed by atoms with Crippen molar-refractivity contribution in [1.82, 2.24) is 4.98 Å². The van der Waals surface area contributed by atoms with Gasteiger partial charge in [-0.25, -0.2) is 4.98 Å². The van der Waals surface area contributed by atoms with Gasteiger partial charge in [0.2, 0.25) is 0 Å². The predicted octanol–water partition coefficient (Wildman–Crippen LogP) is 4.27. The highest BCUT2D eigenvalue weighted by atomic mass is 32.1. The number of aromatic nitrogens is 1. The van der Waals surface area contributed by atoms with Gasteiger partial charge in [-0.15, -0.1) is 11.3 Å². The Morgan fingerprint density at radius 3 is 2.55 bits per heavy atom. The minimum Gasteiger partial charge on any atom is -0.493 e. The van der Waals surface area contributed by atoms with Gasteiger partial charge in [0.15, 0.2) is 11.5 Å². The summed E-state index contributed by atoms with van der Waals surface area (Å²) in [6.45, 7) is 0.155. The van der Waals surface area contributed by atoms with Gasteiger partial charge in [-0.1, -0.05) is 6.42 Å². The first kappa shape index (κ1) is 19.9. The van der Waals surface area contributed by atoms with E-state index in [0.717, 1.165) is 35.5 Å². The van der Waals surface area contributed by atoms with Crippen molar-refractivity contribution in [3.8, 4) is 22.1 Å². The molecule has 2 fully saturated rings. The maximum Gasteiger partial charge on any atom is 0.309 e. The van der Waals surface area contributed by atoms with Gasteiger partial charge >= 0.3 is 5.97 Å². The Balaban J connectivity index is 1.37. The molecule has 6 nitrogen and oxygen atoms in total. The quantitative estimate of drug-likeness (QED) is 0.656. The molecule has 1 aromatic carbocycles. The lowest BCUT2D eigenvalue weighted by molar-refractivity contribution is -0.154. The number of ether oxygens (including phenoxy) is 3. The topological polar surface area (TPSA) is 74.7 Å². The van der Waals surface area contributed by atoms with Crippen LogP contribution in [-0.2, 0) is 20.9 Å². The molecule has 29 heavy (non-hydrogen) atoms. The van der Waals surface area contributed by atoms with Gasteiger partial charge in [0.1, 0.15) is 17.4 Å². The van der Waals surface area contributed by atoms with Crippen LogP contribution in [-0.4, -0.2) is 31.0 Å². The Morgan fingerprint density at radius 2 is 1.86 bits per heavy atom. The lowest BCUT2D eigenvalue weighted by Gasteiger charge is -2.36. The number of Topliss-reactive ketones (excluding diaryl/α,β-unsaturated/α-hetero) is 1. The van der Waals surface area contributed by atoms with Crippen molar-refractivity contribution in [2.45, 2.75) is 38.7 Å². The molecule has 0 saturated heterocycles. The van der Waals surface area contributed by atoms with E-state index in [0.29, 0.717) is 30.1 Å². The summed E-state index contributed by atoms with van der Waals surface area (Å²) in [6.07, 6.45) is 4.21. The largest absolute Gasteiger partial charge is 0.493 e. The van der Waals surface area contributed by atoms with E-state index in [-0.39, 0.29) is 30.3 Å². The number of benzene rings is 1. The average molecular weight is 416 g/mol. The standard InChI is InChI=1S/C22H25NO5S/c1-26-18-7-6-15(10-19(18)27-2)21-23-17(12-29-21)11-28-22(25)16-8-13-4-3-5-14(9-16)20(13)24/h6-7,10,12-14,16H,3-5,8-9,11H2,1-2H3/t13-,14+,16?. The van der Waals surface area contributed by atoms with Crippen LogP contribution in [0.2, 0.25) is 0 Å². The number of hydrogen-bond donors (Lipinski definition) is 0. The van der Waals surface area contributed by atoms with Gasteiger partial charge in [0.25, 0.3) is 0 Å². The molecule has 4 rings (SSSR count). The predicted molar refractivity (Wildman–Crippen MR) is 109 cm³/mol. The highest BCUT2D eigenvalue weighted by Gasteiger charge is 2.41. The fourth-order valence-electron chi connectivity index (χ4n) is 4.41. The second-order valence-corrected chi connectivity index (χ2v) is 8.58. The second kappa shape index (κ2) is 8.53. The highest BCUT2D eigenvalue weighted by Crippen LogP contribution is 2.40. The lowest BCUT2D eigenvalue weighted by Crippen LogP contribution is -2.39. The second-order valence-electron chi connectivity index (χ2n) is 7.72. The van der Waals surface area contributed by atoms with Crippen LogP contribution in [0.1, 0.15) is 37.8 Å². The summed E-state index contributed by atoms with van der Waals surface area (Å²) in [5.74, 6) is 1.41. The number of thiazole rings is 1. The van der Waals surface area contributed by atoms with E-state index in [2.05, 4.69) is 4.98 Å². The zero-order valence-electron chi connectivity index (χ0n) is 16.7. The van der Waals surface area contributed by atoms with Crippen molar-refractivity contribution in [3.63, 3.8) is 0 Å². The van der Waals surface area contributed by atoms with Gasteiger partial charge < -0.3 is 14.2 Å². The molecule has 0 spiro atoms. The number of nitrogens with zero attached hydrogens (tertiary/aromatic N) is 1. The van der Waals surface area contributed by atoms with E-state index in [9.17, 15) is 9.59 Å². The fourth-order valence-corrected chi connectivity index (χ4v) is 5.21. The van der Waals surface area contributed by atoms with Gasteiger partial charge in [0, 0.05) is 22.8 Å². The molecule has 2 aromatic rings. The molecule has 1 unspecified atom stereocenters. The van der Waals surface area contributed by atoms with Crippen LogP contribution < -0.4 is 9.47 Å². The molecular weight excluding hydrogens is 390 g/mol. The van der Waals surface area contributed by atoms with Crippen molar-refractivity contribution in [1.29, 1.82) is 0 Å². The number of methoxy groups -OCH3 is 2. The third kappa shape index (κ3) is 4.15. The van der Waals surface area contributed by atoms with Crippen LogP contribution in [0.5, 0.6) is 11.5 Å². The number of fused-ring (bicyclic) bond motifs is 2. The number of carbonyl (C=O) groups is 2. The summed E-state index contributed by atoms with van der Waals surface area (Å²) in [4.78, 5) is 29.3. The van der Waals surface area contributed by atoms with E-state index in [1.807, 2.05) is 23.6 Å². The van der Waals surface area contributed by atoms with Crippen molar-refractivity contribution < 1.29 is 23.8 Å². The zero-order valence-corrected chi connectivity index (χ0v) is 17.5. The van der Waals surface area contributed by atoms with Crippen LogP contribution in [0, 0.1) is 17.8 Å². The smallest absolute Gasteiger partial charge is 0.309 e. The monoisotopic (exact) mass is 415 g/mol. The third-order valence-electron chi connectivity index (χ3n) is 5.93. The number of rotatable bonds is 6. The molecule has 0 aliphatic heterocycles. The molecule has 154 valence electrons. The number of hydrogen-bond acceptors (Lipinski definition) is 7. The van der Waals surface area contributed by atoms with E-state index < -0.39 is 0 Å². The van der Waals surface area contributed by atoms with E-state index >= 15 is 0 Å². The van der Waals surface area contributed by atoms with Crippen molar-refractivity contribution in [3.05, 3.63) is 29.3 Å². The molecule has 0 N–H and O–H groups in total. The van der Waals surface area contributed by atoms with Crippen LogP contribution in [0.25, 0.3) is 10.6 Å². The number of ketones is 1. The third-order valence-corrected chi connectivity index (χ3v) is 6.87. The Labute approximate surface area is 174 Å². The molecule has 0 radical (unpaired) electrons. The summed E-state index contributed by atoms with van der Waals surface area (Å²) in [7, 11) is 3.20. The maximum atomic E-state index is 12.6. The highest BCUT2D eigenvalue weighted by molar-refractivity contribution is 7.13. The van der Waals surface area contributed by atoms with Gasteiger partial charge in [-0.05, 0) is 43.9 Å². The van der Waals surface area contributed by atoms with Crippen molar-refractivity contribution >= 4 is 23.1 Å². The minimum absolute atomic E-state index is 0.0518. The molecule has 1 heterocycles. The van der Waals surface area contributed by atoms with E-state index in [1.54, 1.807) is 14.2 Å². The summed E-state index contributed by atoms with van der Waals surface area (Å²) < 4.78 is 16.2. The molecule has 2 saturated carbocycles. The first-order chi connectivity index (χ1) is 14.1. The van der Waals surface area contributed by atoms with Gasteiger partial charge in [-0.3, -0.25) is 9.59 Å². The zero-order chi connectivity index (χ0) is 20.4. The Kier molecular flexibility index (Phi) is 5.85. The Morgan fingerprint density at radius 1 is 1.14 bits per heavy atom. The number of esters is 1. The van der Waals surface area contributed by atoms with Crippen LogP contribution in [0.3, 0.4) is 0 Å². The average Bonchev–Trinajstić information content (AvgIpc) is 3.20. The molecule has 2 aliphatic rings. The SMILES string of the molecule is COc1ccc(-c2nc(COC(=O)C3C[C@H]4CCC[C@@H](C3)C4=O)cs2)cc1OC. The van der Waals surface area contributed by atoms with E-state index in [4.69, 9.17) is 14.2 Å². The molecule has 3 atom stereocenters. The summed E-state index contributed by atoms with van der Waals surface area (Å²) in [5, 5.41) is 2.73. The molecule has 0 amide bonds. The maximum absolute atomic E-state index is 12.6. The first-order valence-electron chi connectivity index (χ1n) is 9.96. The molecular formula is C22H25NO5S. The fraction of sp³-hybridized carbons (Fsp3) is 0.500. The van der Waals surface area contributed by atoms with Crippen LogP contribution in [0.15, 0.2) is 23.6 Å². The lowest BCUT2D eigenvalue weighted by atomic mass is 9.67. The summed E-state index contributed by atoms with van der Waals surface area (Å²) >= 11 is 1.49. The first-order valence-corrected chi connectivity index (χ1v) is 10.8. The van der Waals surface area contributed by atoms with Crippen molar-refractivity contribution in [2.24, 2.45) is 17.8 Å². The summed E-state index contributed by atoms with van der Waals surface area (Å²) in [5.41, 5.74) is 1.64. The normalized spacial score (nSPS) is 23.5. The van der Waals surface area contributed by atoms with Crippen molar-refractivity contribution in [2.75, 3.05) is 14.2 Å². The van der Waals surface area contributed by atoms with Gasteiger partial charge in [-0.2, -0.15) is 0 Å². The molecule has 1 aromatic heterocycles. The van der Waals surface area contributed by atoms with Gasteiger partial charge in [0.05, 0.1) is 25.8 Å². The van der Waals surface area contributed by atoms with E-state index in [1.165, 1.54) is 11.3 Å².